The standard InChI is InChI=1S/C41H52N6O5/c1-8-28-23(3)31-19-27-18-26(14-15-36(48)51-6)39(44-27)30(20-37(49)52-7)40-38(41(50)43-17-13-11-10-12-16-42)25(5)33(47-40)22-35-29(9-2)24(4)32(46-35)21-34(28)45-31/h8,19,21-22,26,45,47H,1,9-18,20,42H2,2-7H3,(H,43,50)/t26-/m0/s1. The number of nitrogens with one attached hydrogen (secondary N) is 3. The minimum Gasteiger partial charge on any atom is -0.469 e. The van der Waals surface area contributed by atoms with Crippen molar-refractivity contribution in [2.45, 2.75) is 91.4 Å². The van der Waals surface area contributed by atoms with Gasteiger partial charge in [0.2, 0.25) is 0 Å². The van der Waals surface area contributed by atoms with E-state index in [2.05, 4.69) is 41.8 Å². The summed E-state index contributed by atoms with van der Waals surface area (Å²) in [5.74, 6) is -1.28. The van der Waals surface area contributed by atoms with E-state index >= 15 is 0 Å². The second-order valence-corrected chi connectivity index (χ2v) is 13.6. The Labute approximate surface area is 305 Å². The SMILES string of the molecule is C=Cc1c(C)c2cc3nc(c(CC(=O)OC)c4[nH]c(cc5nc(cc1[nH]2)C(C)=C5CC)c(C)c4C(=O)NCCCCCCN)[C@@H](CCC(=O)OC)C3. The van der Waals surface area contributed by atoms with Crippen molar-refractivity contribution >= 4 is 57.1 Å². The summed E-state index contributed by atoms with van der Waals surface area (Å²) in [6.45, 7) is 13.4. The van der Waals surface area contributed by atoms with Gasteiger partial charge in [-0.15, -0.1) is 0 Å². The third-order valence-corrected chi connectivity index (χ3v) is 10.3. The predicted octanol–water partition coefficient (Wildman–Crippen LogP) is 7.16. The van der Waals surface area contributed by atoms with Crippen molar-refractivity contribution in [2.75, 3.05) is 27.3 Å². The highest BCUT2D eigenvalue weighted by Gasteiger charge is 2.29. The van der Waals surface area contributed by atoms with E-state index in [9.17, 15) is 14.4 Å². The number of aryl methyl sites for hydroxylation is 2. The number of unbranched alkanes of at least 4 members (excludes halogenated alkanes) is 3. The summed E-state index contributed by atoms with van der Waals surface area (Å²) in [4.78, 5) is 57.1. The lowest BCUT2D eigenvalue weighted by Crippen LogP contribution is -2.25. The van der Waals surface area contributed by atoms with Gasteiger partial charge in [-0.1, -0.05) is 32.4 Å². The predicted molar refractivity (Wildman–Crippen MR) is 207 cm³/mol. The second kappa shape index (κ2) is 17.0. The van der Waals surface area contributed by atoms with Crippen LogP contribution in [0.5, 0.6) is 0 Å². The van der Waals surface area contributed by atoms with Gasteiger partial charge in [0.25, 0.3) is 5.91 Å². The first-order chi connectivity index (χ1) is 25.0. The summed E-state index contributed by atoms with van der Waals surface area (Å²) in [6.07, 6.45) is 7.34. The molecule has 1 atom stereocenters. The molecule has 3 aromatic heterocycles. The number of rotatable bonds is 14. The van der Waals surface area contributed by atoms with Crippen LogP contribution in [0.3, 0.4) is 0 Å². The van der Waals surface area contributed by atoms with Crippen LogP contribution in [0, 0.1) is 13.8 Å². The number of hydrogen-bond donors (Lipinski definition) is 4. The van der Waals surface area contributed by atoms with Gasteiger partial charge in [0.15, 0.2) is 0 Å². The molecule has 0 aliphatic carbocycles. The molecule has 0 radical (unpaired) electrons. The second-order valence-electron chi connectivity index (χ2n) is 13.6. The van der Waals surface area contributed by atoms with Crippen molar-refractivity contribution in [2.24, 2.45) is 5.73 Å². The first-order valence-corrected chi connectivity index (χ1v) is 18.3. The van der Waals surface area contributed by atoms with Gasteiger partial charge in [0.05, 0.1) is 48.8 Å². The zero-order valence-electron chi connectivity index (χ0n) is 31.4. The summed E-state index contributed by atoms with van der Waals surface area (Å²) < 4.78 is 10.2. The number of aromatic nitrogens is 4. The van der Waals surface area contributed by atoms with Crippen LogP contribution < -0.4 is 11.1 Å². The number of carbonyl (C=O) groups excluding carboxylic acids is 3. The molecule has 2 aliphatic heterocycles. The Morgan fingerprint density at radius 1 is 0.942 bits per heavy atom. The van der Waals surface area contributed by atoms with E-state index in [0.717, 1.165) is 88.1 Å². The smallest absolute Gasteiger partial charge is 0.310 e. The van der Waals surface area contributed by atoms with Gasteiger partial charge in [0.1, 0.15) is 0 Å². The number of H-pyrrole nitrogens is 2. The normalized spacial score (nSPS) is 14.0. The summed E-state index contributed by atoms with van der Waals surface area (Å²) in [7, 11) is 2.72. The zero-order valence-corrected chi connectivity index (χ0v) is 31.4. The van der Waals surface area contributed by atoms with Gasteiger partial charge in [-0.3, -0.25) is 19.4 Å². The highest BCUT2D eigenvalue weighted by atomic mass is 16.5. The van der Waals surface area contributed by atoms with Crippen molar-refractivity contribution in [3.63, 3.8) is 0 Å². The molecule has 0 saturated heterocycles. The monoisotopic (exact) mass is 708 g/mol. The number of fused-ring (bicyclic) bond motifs is 8. The molecule has 1 amide bonds. The van der Waals surface area contributed by atoms with E-state index in [1.165, 1.54) is 14.2 Å². The fourth-order valence-electron chi connectivity index (χ4n) is 7.33. The number of amides is 1. The van der Waals surface area contributed by atoms with Crippen LogP contribution in [0.15, 0.2) is 24.8 Å². The minimum absolute atomic E-state index is 0.130. The third-order valence-electron chi connectivity index (χ3n) is 10.3. The van der Waals surface area contributed by atoms with E-state index in [4.69, 9.17) is 25.2 Å². The van der Waals surface area contributed by atoms with Gasteiger partial charge >= 0.3 is 11.9 Å². The number of allylic oxidation sites excluding steroid dienone is 2. The molecule has 5 N–H and O–H groups in total. The Bertz CT molecular complexity index is 2070. The number of esters is 2. The van der Waals surface area contributed by atoms with Crippen LogP contribution in [-0.4, -0.2) is 65.1 Å². The molecular formula is C41H52N6O5. The summed E-state index contributed by atoms with van der Waals surface area (Å²) in [6, 6.07) is 6.07. The number of carbonyl (C=O) groups is 3. The fourth-order valence-corrected chi connectivity index (χ4v) is 7.33. The van der Waals surface area contributed by atoms with Crippen LogP contribution in [0.2, 0.25) is 0 Å². The molecule has 3 aromatic rings. The highest BCUT2D eigenvalue weighted by Crippen LogP contribution is 2.37. The van der Waals surface area contributed by atoms with Gasteiger partial charge in [0, 0.05) is 52.3 Å². The largest absolute Gasteiger partial charge is 0.469 e. The Balaban J connectivity index is 1.88. The van der Waals surface area contributed by atoms with E-state index in [-0.39, 0.29) is 30.6 Å². The minimum atomic E-state index is -0.470. The molecule has 2 aliphatic rings. The maximum atomic E-state index is 14.2. The van der Waals surface area contributed by atoms with Crippen LogP contribution >= 0.6 is 0 Å². The number of nitrogens with zero attached hydrogens (tertiary/aromatic N) is 2. The van der Waals surface area contributed by atoms with E-state index in [0.29, 0.717) is 53.8 Å². The van der Waals surface area contributed by atoms with Crippen molar-refractivity contribution in [3.05, 3.63) is 75.4 Å². The van der Waals surface area contributed by atoms with E-state index in [1.807, 2.05) is 32.1 Å². The quantitative estimate of drug-likeness (QED) is 0.101. The molecule has 52 heavy (non-hydrogen) atoms. The zero-order chi connectivity index (χ0) is 37.5. The Kier molecular flexibility index (Phi) is 12.5. The van der Waals surface area contributed by atoms with Gasteiger partial charge in [-0.05, 0) is 99.9 Å². The van der Waals surface area contributed by atoms with E-state index < -0.39 is 5.97 Å². The Morgan fingerprint density at radius 2 is 1.65 bits per heavy atom. The van der Waals surface area contributed by atoms with Gasteiger partial charge in [-0.2, -0.15) is 0 Å². The number of nitrogens with two attached hydrogens (primary N) is 1. The van der Waals surface area contributed by atoms with Crippen LogP contribution in [0.1, 0.15) is 120 Å². The lowest BCUT2D eigenvalue weighted by molar-refractivity contribution is -0.141. The average Bonchev–Trinajstić information content (AvgIpc) is 3.85. The van der Waals surface area contributed by atoms with Crippen molar-refractivity contribution < 1.29 is 23.9 Å². The lowest BCUT2D eigenvalue weighted by atomic mass is 9.92. The molecule has 276 valence electrons. The molecule has 0 aromatic carbocycles. The van der Waals surface area contributed by atoms with Crippen LogP contribution in [0.25, 0.3) is 39.3 Å². The van der Waals surface area contributed by atoms with Crippen LogP contribution in [-0.2, 0) is 31.9 Å². The summed E-state index contributed by atoms with van der Waals surface area (Å²) >= 11 is 0. The molecule has 0 saturated carbocycles. The van der Waals surface area contributed by atoms with Crippen molar-refractivity contribution in [1.29, 1.82) is 0 Å². The molecule has 0 fully saturated rings. The summed E-state index contributed by atoms with van der Waals surface area (Å²) in [5, 5.41) is 3.13. The number of ether oxygens (including phenoxy) is 2. The fraction of sp³-hybridized carbons (Fsp3) is 0.439. The summed E-state index contributed by atoms with van der Waals surface area (Å²) in [5.41, 5.74) is 17.6. The number of hydrogen-bond acceptors (Lipinski definition) is 8. The van der Waals surface area contributed by atoms with Crippen molar-refractivity contribution in [1.82, 2.24) is 25.3 Å². The van der Waals surface area contributed by atoms with Gasteiger partial charge < -0.3 is 30.5 Å². The number of aromatic amines is 2. The lowest BCUT2D eigenvalue weighted by Gasteiger charge is -2.13. The Morgan fingerprint density at radius 3 is 2.35 bits per heavy atom. The van der Waals surface area contributed by atoms with Gasteiger partial charge in [-0.25, -0.2) is 4.98 Å². The third kappa shape index (κ3) is 8.04. The molecular weight excluding hydrogens is 656 g/mol. The molecule has 11 heteroatoms. The first kappa shape index (κ1) is 38.2. The molecule has 8 bridgehead atoms. The van der Waals surface area contributed by atoms with E-state index in [1.54, 1.807) is 0 Å². The number of methoxy groups -OCH3 is 2. The Hall–Kier alpha value is -5.03. The van der Waals surface area contributed by atoms with Crippen LogP contribution in [0.4, 0.5) is 0 Å². The maximum absolute atomic E-state index is 14.2. The topological polar surface area (TPSA) is 165 Å². The molecule has 11 nitrogen and oxygen atoms in total. The average molecular weight is 709 g/mol. The van der Waals surface area contributed by atoms with Crippen molar-refractivity contribution in [3.8, 4) is 0 Å². The molecule has 0 spiro atoms. The highest BCUT2D eigenvalue weighted by molar-refractivity contribution is 6.06. The molecule has 5 rings (SSSR count). The molecule has 0 unspecified atom stereocenters. The first-order valence-electron chi connectivity index (χ1n) is 18.3. The molecule has 5 heterocycles. The maximum Gasteiger partial charge on any atom is 0.310 e.